The predicted molar refractivity (Wildman–Crippen MR) is 149 cm³/mol. The van der Waals surface area contributed by atoms with Crippen molar-refractivity contribution in [2.45, 2.75) is 19.9 Å². The van der Waals surface area contributed by atoms with Crippen molar-refractivity contribution in [1.82, 2.24) is 34.1 Å². The third kappa shape index (κ3) is 4.03. The van der Waals surface area contributed by atoms with E-state index in [-0.39, 0.29) is 16.9 Å². The van der Waals surface area contributed by atoms with Gasteiger partial charge in [0.1, 0.15) is 42.5 Å². The molecule has 1 atom stereocenters. The van der Waals surface area contributed by atoms with Crippen molar-refractivity contribution in [3.8, 4) is 34.0 Å². The van der Waals surface area contributed by atoms with Gasteiger partial charge in [-0.15, -0.1) is 0 Å². The first-order valence-corrected chi connectivity index (χ1v) is 12.9. The summed E-state index contributed by atoms with van der Waals surface area (Å²) in [5, 5.41) is 5.41. The molecule has 5 aromatic heterocycles. The number of nitrogen functional groups attached to an aromatic ring is 1. The van der Waals surface area contributed by atoms with E-state index >= 15 is 0 Å². The molecular formula is C29H23FN8O3. The van der Waals surface area contributed by atoms with E-state index in [9.17, 15) is 9.18 Å². The lowest BCUT2D eigenvalue weighted by atomic mass is 10.0. The Morgan fingerprint density at radius 3 is 2.76 bits per heavy atom. The number of rotatable bonds is 4. The standard InChI is InChI=1S/C29H23FN8O3/c1-15-6-7-21-35-24(22(29(39)37(21)13-15)17-4-3-5-19(30)10-17)16(2)38-27-23(26(31)33-14-34-27)25(36-38)18-11-20-28(32-12-18)41-9-8-40-20/h3-7,10-14,16H,8-9H2,1-2H3,(H2,31,33,34)/t16-/m0/s1. The Kier molecular flexibility index (Phi) is 5.63. The summed E-state index contributed by atoms with van der Waals surface area (Å²) in [4.78, 5) is 31.9. The number of ether oxygens (including phenoxy) is 2. The van der Waals surface area contributed by atoms with Gasteiger partial charge in [-0.25, -0.2) is 29.0 Å². The maximum absolute atomic E-state index is 14.4. The van der Waals surface area contributed by atoms with Crippen molar-refractivity contribution in [3.05, 3.63) is 88.6 Å². The van der Waals surface area contributed by atoms with Gasteiger partial charge in [0.05, 0.1) is 22.7 Å². The number of aryl methyl sites for hydroxylation is 1. The van der Waals surface area contributed by atoms with Crippen LogP contribution in [0.1, 0.15) is 24.2 Å². The lowest BCUT2D eigenvalue weighted by molar-refractivity contribution is 0.164. The molecule has 0 bridgehead atoms. The fourth-order valence-corrected chi connectivity index (χ4v) is 5.13. The first-order valence-electron chi connectivity index (χ1n) is 12.9. The molecule has 1 aliphatic rings. The lowest BCUT2D eigenvalue weighted by Gasteiger charge is -2.18. The van der Waals surface area contributed by atoms with Crippen LogP contribution >= 0.6 is 0 Å². The zero-order valence-electron chi connectivity index (χ0n) is 22.1. The second-order valence-corrected chi connectivity index (χ2v) is 9.77. The first-order chi connectivity index (χ1) is 19.9. The molecule has 7 rings (SSSR count). The summed E-state index contributed by atoms with van der Waals surface area (Å²) in [6.45, 7) is 4.56. The second-order valence-electron chi connectivity index (χ2n) is 9.77. The summed E-state index contributed by atoms with van der Waals surface area (Å²) in [5.74, 6) is 0.656. The van der Waals surface area contributed by atoms with Crippen LogP contribution in [0.2, 0.25) is 0 Å². The van der Waals surface area contributed by atoms with Crippen molar-refractivity contribution >= 4 is 22.5 Å². The zero-order chi connectivity index (χ0) is 28.2. The van der Waals surface area contributed by atoms with E-state index in [1.54, 1.807) is 41.3 Å². The molecule has 0 saturated carbocycles. The van der Waals surface area contributed by atoms with E-state index in [1.165, 1.54) is 22.9 Å². The molecule has 6 heterocycles. The Balaban J connectivity index is 1.48. The highest BCUT2D eigenvalue weighted by molar-refractivity contribution is 5.98. The topological polar surface area (TPSA) is 135 Å². The molecule has 41 heavy (non-hydrogen) atoms. The van der Waals surface area contributed by atoms with Crippen LogP contribution in [-0.4, -0.2) is 47.3 Å². The van der Waals surface area contributed by atoms with Gasteiger partial charge in [0.15, 0.2) is 11.4 Å². The van der Waals surface area contributed by atoms with Crippen molar-refractivity contribution < 1.29 is 13.9 Å². The Hall–Kier alpha value is -5.39. The number of aromatic nitrogens is 7. The molecule has 6 aromatic rings. The fraction of sp³-hybridized carbons (Fsp3) is 0.172. The molecule has 12 heteroatoms. The van der Waals surface area contributed by atoms with Crippen LogP contribution in [0, 0.1) is 12.7 Å². The summed E-state index contributed by atoms with van der Waals surface area (Å²) >= 11 is 0. The van der Waals surface area contributed by atoms with Gasteiger partial charge in [0.2, 0.25) is 0 Å². The molecule has 0 fully saturated rings. The Morgan fingerprint density at radius 2 is 1.90 bits per heavy atom. The number of hydrogen-bond donors (Lipinski definition) is 1. The summed E-state index contributed by atoms with van der Waals surface area (Å²) < 4.78 is 28.8. The maximum Gasteiger partial charge on any atom is 0.266 e. The molecule has 0 radical (unpaired) electrons. The van der Waals surface area contributed by atoms with E-state index in [1.807, 2.05) is 19.9 Å². The summed E-state index contributed by atoms with van der Waals surface area (Å²) in [5.41, 5.74) is 9.96. The van der Waals surface area contributed by atoms with Gasteiger partial charge in [-0.3, -0.25) is 9.20 Å². The van der Waals surface area contributed by atoms with Gasteiger partial charge in [-0.1, -0.05) is 18.2 Å². The molecule has 11 nitrogen and oxygen atoms in total. The van der Waals surface area contributed by atoms with Crippen LogP contribution in [0.4, 0.5) is 10.2 Å². The first kappa shape index (κ1) is 24.6. The molecule has 0 aliphatic carbocycles. The van der Waals surface area contributed by atoms with Gasteiger partial charge in [-0.05, 0) is 49.2 Å². The highest BCUT2D eigenvalue weighted by Crippen LogP contribution is 2.37. The number of anilines is 1. The van der Waals surface area contributed by atoms with Gasteiger partial charge >= 0.3 is 0 Å². The zero-order valence-corrected chi connectivity index (χ0v) is 22.1. The van der Waals surface area contributed by atoms with Crippen LogP contribution in [0.3, 0.4) is 0 Å². The van der Waals surface area contributed by atoms with E-state index < -0.39 is 11.9 Å². The van der Waals surface area contributed by atoms with Crippen LogP contribution in [0.25, 0.3) is 39.1 Å². The quantitative estimate of drug-likeness (QED) is 0.346. The van der Waals surface area contributed by atoms with Gasteiger partial charge in [0, 0.05) is 18.0 Å². The molecule has 0 saturated heterocycles. The SMILES string of the molecule is Cc1ccc2nc([C@H](C)n3nc(-c4cnc5c(c4)OCCO5)c4c(N)ncnc43)c(-c3cccc(F)c3)c(=O)n2c1. The van der Waals surface area contributed by atoms with Crippen LogP contribution in [0.15, 0.2) is 66.0 Å². The molecule has 0 amide bonds. The fourth-order valence-electron chi connectivity index (χ4n) is 5.13. The minimum atomic E-state index is -0.622. The molecule has 0 spiro atoms. The predicted octanol–water partition coefficient (Wildman–Crippen LogP) is 3.97. The number of nitrogens with zero attached hydrogens (tertiary/aromatic N) is 7. The van der Waals surface area contributed by atoms with Gasteiger partial charge in [0.25, 0.3) is 11.4 Å². The van der Waals surface area contributed by atoms with Gasteiger partial charge < -0.3 is 15.2 Å². The van der Waals surface area contributed by atoms with Crippen LogP contribution in [0.5, 0.6) is 11.6 Å². The number of hydrogen-bond acceptors (Lipinski definition) is 9. The smallest absolute Gasteiger partial charge is 0.266 e. The van der Waals surface area contributed by atoms with Crippen molar-refractivity contribution in [2.24, 2.45) is 0 Å². The monoisotopic (exact) mass is 550 g/mol. The normalized spacial score (nSPS) is 13.5. The van der Waals surface area contributed by atoms with E-state index in [2.05, 4.69) is 15.0 Å². The van der Waals surface area contributed by atoms with E-state index in [4.69, 9.17) is 25.3 Å². The highest BCUT2D eigenvalue weighted by atomic mass is 19.1. The average Bonchev–Trinajstić information content (AvgIpc) is 3.38. The third-order valence-electron chi connectivity index (χ3n) is 7.06. The Labute approximate surface area is 232 Å². The van der Waals surface area contributed by atoms with Crippen LogP contribution in [-0.2, 0) is 0 Å². The number of fused-ring (bicyclic) bond motifs is 3. The largest absolute Gasteiger partial charge is 0.484 e. The molecule has 1 aromatic carbocycles. The van der Waals surface area contributed by atoms with Gasteiger partial charge in [-0.2, -0.15) is 5.10 Å². The molecular weight excluding hydrogens is 527 g/mol. The third-order valence-corrected chi connectivity index (χ3v) is 7.06. The number of benzene rings is 1. The Morgan fingerprint density at radius 1 is 1.05 bits per heavy atom. The van der Waals surface area contributed by atoms with E-state index in [0.717, 1.165) is 5.56 Å². The molecule has 204 valence electrons. The minimum Gasteiger partial charge on any atom is -0.484 e. The Bertz CT molecular complexity index is 2050. The number of halogens is 1. The molecule has 0 unspecified atom stereocenters. The van der Waals surface area contributed by atoms with Crippen LogP contribution < -0.4 is 20.8 Å². The number of pyridine rings is 2. The molecule has 2 N–H and O–H groups in total. The number of nitrogens with two attached hydrogens (primary N) is 1. The minimum absolute atomic E-state index is 0.228. The van der Waals surface area contributed by atoms with Crippen molar-refractivity contribution in [3.63, 3.8) is 0 Å². The van der Waals surface area contributed by atoms with Crippen molar-refractivity contribution in [2.75, 3.05) is 18.9 Å². The average molecular weight is 551 g/mol. The highest BCUT2D eigenvalue weighted by Gasteiger charge is 2.27. The summed E-state index contributed by atoms with van der Waals surface area (Å²) in [7, 11) is 0. The van der Waals surface area contributed by atoms with Crippen molar-refractivity contribution in [1.29, 1.82) is 0 Å². The summed E-state index contributed by atoms with van der Waals surface area (Å²) in [6.07, 6.45) is 4.69. The van der Waals surface area contributed by atoms with E-state index in [0.29, 0.717) is 64.0 Å². The second kappa shape index (κ2) is 9.37. The maximum atomic E-state index is 14.4. The molecule has 1 aliphatic heterocycles. The lowest BCUT2D eigenvalue weighted by Crippen LogP contribution is -2.23. The summed E-state index contributed by atoms with van der Waals surface area (Å²) in [6, 6.07) is 10.7.